The van der Waals surface area contributed by atoms with Crippen LogP contribution in [-0.2, 0) is 27.4 Å². The van der Waals surface area contributed by atoms with Gasteiger partial charge in [0.1, 0.15) is 24.7 Å². The number of oxime groups is 1. The largest absolute Gasteiger partial charge is 0.487 e. The third-order valence-corrected chi connectivity index (χ3v) is 4.72. The number of carboxylic acids is 1. The smallest absolute Gasteiger partial charge is 0.333 e. The zero-order valence-electron chi connectivity index (χ0n) is 18.0. The van der Waals surface area contributed by atoms with Crippen LogP contribution >= 0.6 is 0 Å². The molecule has 0 aliphatic carbocycles. The van der Waals surface area contributed by atoms with Crippen molar-refractivity contribution in [1.82, 2.24) is 0 Å². The standard InChI is InChI=1S/C26H27NO5/c1-2-30-25(26(28)29)17-20-13-15-23(16-14-20)31-19-24(22-11-7-4-8-12-22)27-32-18-21-9-5-3-6-10-21/h3-16,25H,2,17-19H2,1H3,(H,28,29). The number of carbonyl (C=O) groups is 1. The molecule has 6 nitrogen and oxygen atoms in total. The summed E-state index contributed by atoms with van der Waals surface area (Å²) in [5.41, 5.74) is 3.49. The van der Waals surface area contributed by atoms with E-state index in [0.717, 1.165) is 16.7 Å². The van der Waals surface area contributed by atoms with Crippen LogP contribution in [-0.4, -0.2) is 36.1 Å². The highest BCUT2D eigenvalue weighted by Gasteiger charge is 2.17. The monoisotopic (exact) mass is 433 g/mol. The molecule has 1 atom stereocenters. The lowest BCUT2D eigenvalue weighted by Gasteiger charge is -2.13. The molecule has 3 rings (SSSR count). The van der Waals surface area contributed by atoms with Crippen LogP contribution in [0.2, 0.25) is 0 Å². The molecule has 0 aliphatic heterocycles. The van der Waals surface area contributed by atoms with Crippen molar-refractivity contribution in [1.29, 1.82) is 0 Å². The van der Waals surface area contributed by atoms with E-state index in [0.29, 0.717) is 31.1 Å². The average Bonchev–Trinajstić information content (AvgIpc) is 2.83. The highest BCUT2D eigenvalue weighted by Crippen LogP contribution is 2.16. The minimum atomic E-state index is -0.966. The van der Waals surface area contributed by atoms with Crippen molar-refractivity contribution < 1.29 is 24.2 Å². The lowest BCUT2D eigenvalue weighted by molar-refractivity contribution is -0.149. The minimum absolute atomic E-state index is 0.231. The summed E-state index contributed by atoms with van der Waals surface area (Å²) in [7, 11) is 0. The molecule has 0 spiro atoms. The van der Waals surface area contributed by atoms with Crippen molar-refractivity contribution in [2.24, 2.45) is 5.16 Å². The van der Waals surface area contributed by atoms with E-state index < -0.39 is 12.1 Å². The number of benzene rings is 3. The summed E-state index contributed by atoms with van der Waals surface area (Å²) in [4.78, 5) is 16.8. The molecule has 0 amide bonds. The summed E-state index contributed by atoms with van der Waals surface area (Å²) < 4.78 is 11.2. The Morgan fingerprint density at radius 1 is 0.906 bits per heavy atom. The highest BCUT2D eigenvalue weighted by molar-refractivity contribution is 6.01. The van der Waals surface area contributed by atoms with Gasteiger partial charge in [0.2, 0.25) is 0 Å². The Labute approximate surface area is 188 Å². The van der Waals surface area contributed by atoms with Crippen LogP contribution in [0.25, 0.3) is 0 Å². The van der Waals surface area contributed by atoms with Crippen molar-refractivity contribution >= 4 is 11.7 Å². The first-order valence-corrected chi connectivity index (χ1v) is 10.5. The number of rotatable bonds is 12. The molecule has 3 aromatic carbocycles. The van der Waals surface area contributed by atoms with Gasteiger partial charge in [0, 0.05) is 18.6 Å². The molecule has 0 aliphatic rings. The summed E-state index contributed by atoms with van der Waals surface area (Å²) >= 11 is 0. The Balaban J connectivity index is 1.62. The van der Waals surface area contributed by atoms with Crippen molar-refractivity contribution in [2.75, 3.05) is 13.2 Å². The fraction of sp³-hybridized carbons (Fsp3) is 0.231. The summed E-state index contributed by atoms with van der Waals surface area (Å²) in [6.07, 6.45) is -0.557. The molecule has 0 saturated carbocycles. The van der Waals surface area contributed by atoms with Crippen LogP contribution in [0.4, 0.5) is 0 Å². The van der Waals surface area contributed by atoms with Crippen molar-refractivity contribution in [3.8, 4) is 5.75 Å². The molecule has 32 heavy (non-hydrogen) atoms. The number of carboxylic acid groups (broad SMARTS) is 1. The van der Waals surface area contributed by atoms with Gasteiger partial charge < -0.3 is 19.4 Å². The third kappa shape index (κ3) is 7.25. The van der Waals surface area contributed by atoms with Crippen molar-refractivity contribution in [3.05, 3.63) is 102 Å². The molecular weight excluding hydrogens is 406 g/mol. The van der Waals surface area contributed by atoms with E-state index in [1.807, 2.05) is 84.9 Å². The zero-order chi connectivity index (χ0) is 22.6. The summed E-state index contributed by atoms with van der Waals surface area (Å²) in [5, 5.41) is 13.6. The molecule has 0 aromatic heterocycles. The Kier molecular flexibility index (Phi) is 8.83. The maximum Gasteiger partial charge on any atom is 0.333 e. The second-order valence-electron chi connectivity index (χ2n) is 7.08. The molecule has 0 radical (unpaired) electrons. The fourth-order valence-corrected chi connectivity index (χ4v) is 3.06. The predicted molar refractivity (Wildman–Crippen MR) is 123 cm³/mol. The van der Waals surface area contributed by atoms with E-state index >= 15 is 0 Å². The molecule has 166 valence electrons. The summed E-state index contributed by atoms with van der Waals surface area (Å²) in [6, 6.07) is 26.9. The van der Waals surface area contributed by atoms with Crippen LogP contribution in [0.5, 0.6) is 5.75 Å². The molecule has 6 heteroatoms. The van der Waals surface area contributed by atoms with Crippen molar-refractivity contribution in [3.63, 3.8) is 0 Å². The topological polar surface area (TPSA) is 77.3 Å². The predicted octanol–water partition coefficient (Wildman–Crippen LogP) is 4.72. The SMILES string of the molecule is CCOC(Cc1ccc(OCC(=NOCc2ccccc2)c2ccccc2)cc1)C(=O)O. The lowest BCUT2D eigenvalue weighted by atomic mass is 10.1. The van der Waals surface area contributed by atoms with Gasteiger partial charge in [-0.2, -0.15) is 0 Å². The van der Waals surface area contributed by atoms with Crippen LogP contribution in [0.1, 0.15) is 23.6 Å². The molecule has 0 saturated heterocycles. The van der Waals surface area contributed by atoms with Gasteiger partial charge >= 0.3 is 5.97 Å². The molecule has 3 aromatic rings. The van der Waals surface area contributed by atoms with Crippen LogP contribution < -0.4 is 4.74 Å². The molecule has 1 N–H and O–H groups in total. The molecule has 0 bridgehead atoms. The Morgan fingerprint density at radius 3 is 2.19 bits per heavy atom. The number of hydrogen-bond donors (Lipinski definition) is 1. The fourth-order valence-electron chi connectivity index (χ4n) is 3.06. The van der Waals surface area contributed by atoms with Gasteiger partial charge in [-0.3, -0.25) is 0 Å². The lowest BCUT2D eigenvalue weighted by Crippen LogP contribution is -2.26. The first-order valence-electron chi connectivity index (χ1n) is 10.5. The number of nitrogens with zero attached hydrogens (tertiary/aromatic N) is 1. The highest BCUT2D eigenvalue weighted by atomic mass is 16.6. The maximum absolute atomic E-state index is 11.3. The summed E-state index contributed by atoms with van der Waals surface area (Å²) in [5.74, 6) is -0.310. The average molecular weight is 434 g/mol. The number of ether oxygens (including phenoxy) is 2. The molecular formula is C26H27NO5. The van der Waals surface area contributed by atoms with Gasteiger partial charge in [-0.25, -0.2) is 4.79 Å². The van der Waals surface area contributed by atoms with E-state index in [9.17, 15) is 9.90 Å². The van der Waals surface area contributed by atoms with E-state index in [1.165, 1.54) is 0 Å². The second kappa shape index (κ2) is 12.3. The van der Waals surface area contributed by atoms with E-state index in [4.69, 9.17) is 14.3 Å². The quantitative estimate of drug-likeness (QED) is 0.330. The normalized spacial score (nSPS) is 12.2. The Hall–Kier alpha value is -3.64. The van der Waals surface area contributed by atoms with E-state index in [2.05, 4.69) is 5.16 Å². The van der Waals surface area contributed by atoms with Gasteiger partial charge in [0.25, 0.3) is 0 Å². The second-order valence-corrected chi connectivity index (χ2v) is 7.08. The minimum Gasteiger partial charge on any atom is -0.487 e. The molecule has 1 unspecified atom stereocenters. The van der Waals surface area contributed by atoms with Crippen LogP contribution in [0.15, 0.2) is 90.1 Å². The van der Waals surface area contributed by atoms with Crippen molar-refractivity contribution in [2.45, 2.75) is 26.1 Å². The number of hydrogen-bond acceptors (Lipinski definition) is 5. The van der Waals surface area contributed by atoms with Gasteiger partial charge in [0.05, 0.1) is 0 Å². The maximum atomic E-state index is 11.3. The van der Waals surface area contributed by atoms with Crippen LogP contribution in [0, 0.1) is 0 Å². The van der Waals surface area contributed by atoms with E-state index in [-0.39, 0.29) is 6.61 Å². The first kappa shape index (κ1) is 23.0. The van der Waals surface area contributed by atoms with Gasteiger partial charge in [-0.1, -0.05) is 78.0 Å². The Bertz CT molecular complexity index is 988. The third-order valence-electron chi connectivity index (χ3n) is 4.72. The first-order chi connectivity index (χ1) is 15.7. The molecule has 0 heterocycles. The van der Waals surface area contributed by atoms with Gasteiger partial charge in [0.15, 0.2) is 6.10 Å². The number of aliphatic carboxylic acids is 1. The molecule has 0 fully saturated rings. The van der Waals surface area contributed by atoms with Gasteiger partial charge in [-0.15, -0.1) is 0 Å². The van der Waals surface area contributed by atoms with E-state index in [1.54, 1.807) is 6.92 Å². The zero-order valence-corrected chi connectivity index (χ0v) is 18.0. The van der Waals surface area contributed by atoms with Crippen LogP contribution in [0.3, 0.4) is 0 Å². The summed E-state index contributed by atoms with van der Waals surface area (Å²) in [6.45, 7) is 2.74. The Morgan fingerprint density at radius 2 is 1.56 bits per heavy atom. The van der Waals surface area contributed by atoms with Gasteiger partial charge in [-0.05, 0) is 30.2 Å².